The molecule has 0 saturated carbocycles. The van der Waals surface area contributed by atoms with E-state index in [1.165, 1.54) is 0 Å². The third-order valence-electron chi connectivity index (χ3n) is 4.32. The Morgan fingerprint density at radius 3 is 2.59 bits per heavy atom. The maximum Gasteiger partial charge on any atom is 0.231 e. The van der Waals surface area contributed by atoms with Crippen molar-refractivity contribution in [3.05, 3.63) is 40.2 Å². The van der Waals surface area contributed by atoms with Crippen molar-refractivity contribution in [1.82, 2.24) is 4.98 Å². The summed E-state index contributed by atoms with van der Waals surface area (Å²) in [5.74, 6) is 0.129. The molecule has 0 saturated heterocycles. The van der Waals surface area contributed by atoms with Gasteiger partial charge in [0.15, 0.2) is 11.8 Å². The van der Waals surface area contributed by atoms with Crippen LogP contribution < -0.4 is 4.57 Å². The number of hydrogen-bond acceptors (Lipinski definition) is 2. The van der Waals surface area contributed by atoms with E-state index in [0.717, 1.165) is 28.0 Å². The Labute approximate surface area is 135 Å². The van der Waals surface area contributed by atoms with Gasteiger partial charge in [0.05, 0.1) is 5.41 Å². The van der Waals surface area contributed by atoms with E-state index in [1.54, 1.807) is 0 Å². The molecule has 0 unspecified atom stereocenters. The summed E-state index contributed by atoms with van der Waals surface area (Å²) in [6, 6.07) is 6.00. The SMILES string of the molecule is CC1=Cc2c(nc3cc(Cl)ccc3[n+]2C(C)C)C(C)(C)C1=O. The van der Waals surface area contributed by atoms with Crippen LogP contribution in [0.15, 0.2) is 23.8 Å². The number of halogens is 1. The molecule has 1 aliphatic carbocycles. The number of benzene rings is 1. The standard InChI is InChI=1S/C18H20ClN2O/c1-10(2)21-14-7-6-12(19)9-13(14)20-16-15(21)8-11(3)17(22)18(16,4)5/h6-10H,1-5H3/q+1. The number of carbonyl (C=O) groups is 1. The molecule has 22 heavy (non-hydrogen) atoms. The molecule has 3 rings (SSSR count). The Morgan fingerprint density at radius 2 is 1.95 bits per heavy atom. The summed E-state index contributed by atoms with van der Waals surface area (Å²) >= 11 is 6.13. The number of nitrogens with zero attached hydrogens (tertiary/aromatic N) is 2. The zero-order valence-corrected chi connectivity index (χ0v) is 14.3. The lowest BCUT2D eigenvalue weighted by Crippen LogP contribution is -2.47. The number of hydrogen-bond donors (Lipinski definition) is 0. The van der Waals surface area contributed by atoms with Gasteiger partial charge in [-0.1, -0.05) is 11.6 Å². The van der Waals surface area contributed by atoms with Crippen LogP contribution >= 0.6 is 11.6 Å². The quantitative estimate of drug-likeness (QED) is 0.745. The van der Waals surface area contributed by atoms with Crippen molar-refractivity contribution in [3.8, 4) is 0 Å². The second-order valence-corrected chi connectivity index (χ2v) is 7.16. The smallest absolute Gasteiger partial charge is 0.231 e. The van der Waals surface area contributed by atoms with Crippen molar-refractivity contribution in [1.29, 1.82) is 0 Å². The summed E-state index contributed by atoms with van der Waals surface area (Å²) < 4.78 is 2.24. The highest BCUT2D eigenvalue weighted by Crippen LogP contribution is 2.34. The fourth-order valence-electron chi connectivity index (χ4n) is 3.24. The van der Waals surface area contributed by atoms with Gasteiger partial charge in [-0.15, -0.1) is 0 Å². The Kier molecular flexibility index (Phi) is 3.37. The molecule has 0 atom stereocenters. The number of allylic oxidation sites excluding steroid dienone is 1. The number of carbonyl (C=O) groups excluding carboxylic acids is 1. The molecule has 0 radical (unpaired) electrons. The molecule has 2 aromatic rings. The Balaban J connectivity index is 2.50. The number of rotatable bonds is 1. The van der Waals surface area contributed by atoms with E-state index in [1.807, 2.05) is 45.0 Å². The minimum atomic E-state index is -0.624. The average molecular weight is 316 g/mol. The lowest BCUT2D eigenvalue weighted by Gasteiger charge is -2.28. The van der Waals surface area contributed by atoms with Crippen LogP contribution in [0.3, 0.4) is 0 Å². The minimum Gasteiger partial charge on any atom is -0.294 e. The third kappa shape index (κ3) is 2.07. The van der Waals surface area contributed by atoms with Crippen molar-refractivity contribution in [2.24, 2.45) is 0 Å². The molecule has 0 bridgehead atoms. The third-order valence-corrected chi connectivity index (χ3v) is 4.55. The fourth-order valence-corrected chi connectivity index (χ4v) is 3.40. The van der Waals surface area contributed by atoms with Gasteiger partial charge in [-0.25, -0.2) is 4.98 Å². The first-order valence-corrected chi connectivity index (χ1v) is 7.89. The largest absolute Gasteiger partial charge is 0.294 e. The minimum absolute atomic E-state index is 0.129. The topological polar surface area (TPSA) is 33.8 Å². The molecule has 0 spiro atoms. The molecule has 0 N–H and O–H groups in total. The predicted molar refractivity (Wildman–Crippen MR) is 89.0 cm³/mol. The van der Waals surface area contributed by atoms with Crippen molar-refractivity contribution in [2.45, 2.75) is 46.1 Å². The normalized spacial score (nSPS) is 16.9. The average Bonchev–Trinajstić information content (AvgIpc) is 2.43. The Morgan fingerprint density at radius 1 is 1.27 bits per heavy atom. The number of ketones is 1. The summed E-state index contributed by atoms with van der Waals surface area (Å²) in [5, 5.41) is 0.655. The summed E-state index contributed by atoms with van der Waals surface area (Å²) in [7, 11) is 0. The molecule has 3 nitrogen and oxygen atoms in total. The number of fused-ring (bicyclic) bond motifs is 2. The summed E-state index contributed by atoms with van der Waals surface area (Å²) in [4.78, 5) is 17.3. The first-order valence-electron chi connectivity index (χ1n) is 7.52. The van der Waals surface area contributed by atoms with E-state index >= 15 is 0 Å². The number of Topliss-reactive ketones (excluding diaryl/α,β-unsaturated/α-hetero) is 1. The van der Waals surface area contributed by atoms with E-state index in [-0.39, 0.29) is 11.8 Å². The molecular formula is C18H20ClN2O+. The van der Waals surface area contributed by atoms with Crippen LogP contribution in [0.5, 0.6) is 0 Å². The van der Waals surface area contributed by atoms with Crippen LogP contribution in [-0.2, 0) is 10.2 Å². The van der Waals surface area contributed by atoms with E-state index in [2.05, 4.69) is 18.4 Å². The fraction of sp³-hybridized carbons (Fsp3) is 0.389. The first-order chi connectivity index (χ1) is 10.2. The Hall–Kier alpha value is -1.74. The van der Waals surface area contributed by atoms with Gasteiger partial charge in [-0.3, -0.25) is 4.79 Å². The van der Waals surface area contributed by atoms with Gasteiger partial charge < -0.3 is 0 Å². The second kappa shape index (κ2) is 4.88. The molecule has 0 aliphatic heterocycles. The predicted octanol–water partition coefficient (Wildman–Crippen LogP) is 4.02. The summed E-state index contributed by atoms with van der Waals surface area (Å²) in [6.07, 6.45) is 1.96. The van der Waals surface area contributed by atoms with Crippen LogP contribution in [0.25, 0.3) is 17.1 Å². The first kappa shape index (κ1) is 15.2. The van der Waals surface area contributed by atoms with Crippen LogP contribution in [0.4, 0.5) is 0 Å². The van der Waals surface area contributed by atoms with Gasteiger partial charge in [0.2, 0.25) is 11.2 Å². The maximum absolute atomic E-state index is 12.6. The zero-order chi connectivity index (χ0) is 16.2. The van der Waals surface area contributed by atoms with E-state index in [4.69, 9.17) is 16.6 Å². The van der Waals surface area contributed by atoms with E-state index < -0.39 is 5.41 Å². The highest BCUT2D eigenvalue weighted by molar-refractivity contribution is 6.31. The van der Waals surface area contributed by atoms with Crippen LogP contribution in [0.2, 0.25) is 5.02 Å². The highest BCUT2D eigenvalue weighted by atomic mass is 35.5. The van der Waals surface area contributed by atoms with Gasteiger partial charge in [0, 0.05) is 17.2 Å². The van der Waals surface area contributed by atoms with Gasteiger partial charge in [-0.2, -0.15) is 4.57 Å². The van der Waals surface area contributed by atoms with Crippen LogP contribution in [0, 0.1) is 0 Å². The van der Waals surface area contributed by atoms with Crippen LogP contribution in [-0.4, -0.2) is 10.8 Å². The van der Waals surface area contributed by atoms with E-state index in [9.17, 15) is 4.79 Å². The lowest BCUT2D eigenvalue weighted by atomic mass is 9.76. The second-order valence-electron chi connectivity index (χ2n) is 6.72. The molecule has 1 aromatic heterocycles. The molecule has 1 heterocycles. The maximum atomic E-state index is 12.6. The Bertz CT molecular complexity index is 835. The molecular weight excluding hydrogens is 296 g/mol. The van der Waals surface area contributed by atoms with E-state index in [0.29, 0.717) is 5.02 Å². The van der Waals surface area contributed by atoms with Gasteiger partial charge in [0.1, 0.15) is 11.2 Å². The van der Waals surface area contributed by atoms with Gasteiger partial charge in [-0.05, 0) is 52.3 Å². The van der Waals surface area contributed by atoms with Crippen molar-refractivity contribution in [3.63, 3.8) is 0 Å². The highest BCUT2D eigenvalue weighted by Gasteiger charge is 2.42. The molecule has 1 aromatic carbocycles. The molecule has 1 aliphatic rings. The van der Waals surface area contributed by atoms with Gasteiger partial charge >= 0.3 is 0 Å². The van der Waals surface area contributed by atoms with Gasteiger partial charge in [0.25, 0.3) is 0 Å². The van der Waals surface area contributed by atoms with Crippen molar-refractivity contribution >= 4 is 34.5 Å². The summed E-state index contributed by atoms with van der Waals surface area (Å²) in [5.41, 5.74) is 3.86. The van der Waals surface area contributed by atoms with Crippen molar-refractivity contribution in [2.75, 3.05) is 0 Å². The zero-order valence-electron chi connectivity index (χ0n) is 13.6. The van der Waals surface area contributed by atoms with Crippen LogP contribution in [0.1, 0.15) is 52.0 Å². The molecule has 0 amide bonds. The molecule has 4 heteroatoms. The van der Waals surface area contributed by atoms with Crippen molar-refractivity contribution < 1.29 is 9.36 Å². The number of aromatic nitrogens is 2. The molecule has 114 valence electrons. The monoisotopic (exact) mass is 315 g/mol. The summed E-state index contributed by atoms with van der Waals surface area (Å²) in [6.45, 7) is 10.0. The lowest BCUT2D eigenvalue weighted by molar-refractivity contribution is -0.693. The molecule has 0 fully saturated rings.